The summed E-state index contributed by atoms with van der Waals surface area (Å²) in [6.07, 6.45) is 0.850. The van der Waals surface area contributed by atoms with Crippen molar-refractivity contribution in [2.24, 2.45) is 5.41 Å². The van der Waals surface area contributed by atoms with Crippen molar-refractivity contribution in [1.29, 1.82) is 0 Å². The van der Waals surface area contributed by atoms with Gasteiger partial charge in [-0.2, -0.15) is 0 Å². The molecule has 1 amide bonds. The van der Waals surface area contributed by atoms with E-state index in [0.717, 1.165) is 6.54 Å². The molecule has 2 rings (SSSR count). The third-order valence-corrected chi connectivity index (χ3v) is 4.58. The highest BCUT2D eigenvalue weighted by Crippen LogP contribution is 2.44. The maximum atomic E-state index is 12.1. The number of hydrogen-bond acceptors (Lipinski definition) is 5. The lowest BCUT2D eigenvalue weighted by Gasteiger charge is -2.44. The quantitative estimate of drug-likeness (QED) is 0.698. The summed E-state index contributed by atoms with van der Waals surface area (Å²) >= 11 is 0. The molecule has 2 saturated heterocycles. The first kappa shape index (κ1) is 17.0. The molecule has 0 saturated carbocycles. The minimum absolute atomic E-state index is 0.00407. The number of aliphatic carboxylic acids is 1. The van der Waals surface area contributed by atoms with Gasteiger partial charge in [0.1, 0.15) is 16.6 Å². The molecule has 0 aromatic rings. The predicted octanol–water partition coefficient (Wildman–Crippen LogP) is 0.813. The smallest absolute Gasteiger partial charge is 0.410 e. The van der Waals surface area contributed by atoms with Crippen LogP contribution in [0.1, 0.15) is 40.0 Å². The fourth-order valence-corrected chi connectivity index (χ4v) is 3.35. The van der Waals surface area contributed by atoms with Gasteiger partial charge in [-0.05, 0) is 46.6 Å². The zero-order valence-corrected chi connectivity index (χ0v) is 13.5. The van der Waals surface area contributed by atoms with Crippen molar-refractivity contribution < 1.29 is 24.5 Å². The van der Waals surface area contributed by atoms with Gasteiger partial charge in [0.05, 0.1) is 6.54 Å². The first-order chi connectivity index (χ1) is 10.1. The molecule has 2 aliphatic rings. The number of carbonyl (C=O) groups is 2. The van der Waals surface area contributed by atoms with E-state index in [2.05, 4.69) is 5.32 Å². The number of amides is 1. The van der Waals surface area contributed by atoms with Crippen molar-refractivity contribution in [2.45, 2.75) is 51.2 Å². The number of ether oxygens (including phenoxy) is 1. The molecule has 2 atom stereocenters. The average Bonchev–Trinajstić information content (AvgIpc) is 2.82. The van der Waals surface area contributed by atoms with Crippen molar-refractivity contribution in [2.75, 3.05) is 26.2 Å². The fourth-order valence-electron chi connectivity index (χ4n) is 3.35. The predicted molar refractivity (Wildman–Crippen MR) is 79.5 cm³/mol. The number of nitrogens with zero attached hydrogens (tertiary/aromatic N) is 1. The van der Waals surface area contributed by atoms with Crippen LogP contribution in [0.5, 0.6) is 0 Å². The van der Waals surface area contributed by atoms with E-state index in [-0.39, 0.29) is 19.5 Å². The topological polar surface area (TPSA) is 99.1 Å². The molecule has 2 aliphatic heterocycles. The number of carbonyl (C=O) groups excluding carboxylic acids is 1. The van der Waals surface area contributed by atoms with Crippen LogP contribution >= 0.6 is 0 Å². The van der Waals surface area contributed by atoms with Crippen LogP contribution in [0.2, 0.25) is 0 Å². The summed E-state index contributed by atoms with van der Waals surface area (Å²) in [4.78, 5) is 25.4. The molecule has 7 heteroatoms. The number of piperidine rings is 1. The maximum Gasteiger partial charge on any atom is 0.410 e. The summed E-state index contributed by atoms with van der Waals surface area (Å²) in [6, 6.07) is 0. The van der Waals surface area contributed by atoms with Crippen molar-refractivity contribution >= 4 is 12.1 Å². The molecular weight excluding hydrogens is 288 g/mol. The van der Waals surface area contributed by atoms with Crippen LogP contribution in [0.15, 0.2) is 0 Å². The monoisotopic (exact) mass is 314 g/mol. The van der Waals surface area contributed by atoms with Gasteiger partial charge in [0.25, 0.3) is 0 Å². The van der Waals surface area contributed by atoms with Gasteiger partial charge in [-0.1, -0.05) is 0 Å². The fraction of sp³-hybridized carbons (Fsp3) is 0.867. The van der Waals surface area contributed by atoms with E-state index >= 15 is 0 Å². The Hall–Kier alpha value is -1.34. The van der Waals surface area contributed by atoms with E-state index in [1.54, 1.807) is 20.8 Å². The molecule has 0 aromatic carbocycles. The van der Waals surface area contributed by atoms with Crippen LogP contribution in [-0.4, -0.2) is 64.6 Å². The molecule has 0 spiro atoms. The van der Waals surface area contributed by atoms with E-state index in [4.69, 9.17) is 4.74 Å². The van der Waals surface area contributed by atoms with Gasteiger partial charge in [0.15, 0.2) is 0 Å². The van der Waals surface area contributed by atoms with Gasteiger partial charge in [0.2, 0.25) is 0 Å². The molecule has 3 N–H and O–H groups in total. The summed E-state index contributed by atoms with van der Waals surface area (Å²) in [7, 11) is 0. The number of aliphatic hydroxyl groups is 1. The van der Waals surface area contributed by atoms with Crippen LogP contribution in [0, 0.1) is 5.41 Å². The minimum Gasteiger partial charge on any atom is -0.481 e. The number of carboxylic acids is 1. The number of carboxylic acid groups (broad SMARTS) is 1. The van der Waals surface area contributed by atoms with Crippen molar-refractivity contribution in [3.05, 3.63) is 0 Å². The Morgan fingerprint density at radius 3 is 2.45 bits per heavy atom. The molecule has 2 heterocycles. The number of hydrogen-bond donors (Lipinski definition) is 3. The third kappa shape index (κ3) is 3.05. The molecule has 0 radical (unpaired) electrons. The molecule has 7 nitrogen and oxygen atoms in total. The highest BCUT2D eigenvalue weighted by atomic mass is 16.6. The van der Waals surface area contributed by atoms with Gasteiger partial charge in [-0.25, -0.2) is 4.79 Å². The largest absolute Gasteiger partial charge is 0.481 e. The van der Waals surface area contributed by atoms with Gasteiger partial charge >= 0.3 is 12.1 Å². The Kier molecular flexibility index (Phi) is 4.41. The van der Waals surface area contributed by atoms with E-state index < -0.39 is 28.7 Å². The second kappa shape index (κ2) is 5.70. The first-order valence-electron chi connectivity index (χ1n) is 7.74. The Morgan fingerprint density at radius 1 is 1.27 bits per heavy atom. The van der Waals surface area contributed by atoms with Crippen LogP contribution < -0.4 is 5.32 Å². The lowest BCUT2D eigenvalue weighted by atomic mass is 9.66. The number of β-amino-alcohol motifs (C(OH)–C–C–N with tert-alkyl or cyclic N) is 1. The molecule has 2 fully saturated rings. The average molecular weight is 314 g/mol. The summed E-state index contributed by atoms with van der Waals surface area (Å²) in [6.45, 7) is 6.60. The maximum absolute atomic E-state index is 12.1. The summed E-state index contributed by atoms with van der Waals surface area (Å²) in [5.41, 5.74) is -3.29. The molecule has 126 valence electrons. The van der Waals surface area contributed by atoms with Crippen LogP contribution in [0.3, 0.4) is 0 Å². The lowest BCUT2D eigenvalue weighted by Crippen LogP contribution is -2.61. The van der Waals surface area contributed by atoms with Crippen molar-refractivity contribution in [1.82, 2.24) is 10.2 Å². The minimum atomic E-state index is -1.43. The van der Waals surface area contributed by atoms with Crippen LogP contribution in [0.25, 0.3) is 0 Å². The van der Waals surface area contributed by atoms with Crippen LogP contribution in [-0.2, 0) is 9.53 Å². The molecule has 0 aromatic heterocycles. The van der Waals surface area contributed by atoms with Crippen molar-refractivity contribution in [3.8, 4) is 0 Å². The van der Waals surface area contributed by atoms with Gasteiger partial charge in [0, 0.05) is 13.1 Å². The standard InChI is InChI=1S/C15H26N2O5/c1-13(2,3)22-12(20)17-8-6-15(21,10-17)14(11(18)19)5-4-7-16-9-14/h16,21H,4-10H2,1-3H3,(H,18,19). The Labute approximate surface area is 130 Å². The van der Waals surface area contributed by atoms with E-state index in [1.165, 1.54) is 4.90 Å². The second-order valence-corrected chi connectivity index (χ2v) is 7.35. The number of likely N-dealkylation sites (tertiary alicyclic amines) is 1. The Morgan fingerprint density at radius 2 is 1.95 bits per heavy atom. The number of nitrogens with one attached hydrogen (secondary N) is 1. The SMILES string of the molecule is CC(C)(C)OC(=O)N1CCC(O)(C2(C(=O)O)CCCNC2)C1. The van der Waals surface area contributed by atoms with E-state index in [0.29, 0.717) is 19.4 Å². The molecule has 22 heavy (non-hydrogen) atoms. The highest BCUT2D eigenvalue weighted by Gasteiger charge is 2.59. The van der Waals surface area contributed by atoms with E-state index in [9.17, 15) is 19.8 Å². The first-order valence-corrected chi connectivity index (χ1v) is 7.74. The van der Waals surface area contributed by atoms with Gasteiger partial charge in [-0.3, -0.25) is 4.79 Å². The highest BCUT2D eigenvalue weighted by molar-refractivity contribution is 5.78. The summed E-state index contributed by atoms with van der Waals surface area (Å²) in [5, 5.41) is 23.7. The van der Waals surface area contributed by atoms with Crippen molar-refractivity contribution in [3.63, 3.8) is 0 Å². The molecular formula is C15H26N2O5. The Balaban J connectivity index is 2.15. The Bertz CT molecular complexity index is 453. The second-order valence-electron chi connectivity index (χ2n) is 7.35. The summed E-state index contributed by atoms with van der Waals surface area (Å²) in [5.74, 6) is -1.01. The molecule has 0 bridgehead atoms. The zero-order chi connectivity index (χ0) is 16.6. The van der Waals surface area contributed by atoms with Gasteiger partial charge < -0.3 is 25.2 Å². The van der Waals surface area contributed by atoms with Gasteiger partial charge in [-0.15, -0.1) is 0 Å². The normalized spacial score (nSPS) is 32.8. The summed E-state index contributed by atoms with van der Waals surface area (Å²) < 4.78 is 5.31. The zero-order valence-electron chi connectivity index (χ0n) is 13.5. The van der Waals surface area contributed by atoms with E-state index in [1.807, 2.05) is 0 Å². The van der Waals surface area contributed by atoms with Crippen LogP contribution in [0.4, 0.5) is 4.79 Å². The third-order valence-electron chi connectivity index (χ3n) is 4.58. The molecule has 2 unspecified atom stereocenters. The molecule has 0 aliphatic carbocycles. The number of rotatable bonds is 2. The lowest BCUT2D eigenvalue weighted by molar-refractivity contribution is -0.171.